The van der Waals surface area contributed by atoms with Crippen LogP contribution in [0.25, 0.3) is 21.9 Å². The second-order valence-corrected chi connectivity index (χ2v) is 4.75. The van der Waals surface area contributed by atoms with Crippen molar-refractivity contribution in [2.45, 2.75) is 6.54 Å². The topological polar surface area (TPSA) is 53.9 Å². The second kappa shape index (κ2) is 4.42. The zero-order chi connectivity index (χ0) is 13.4. The first-order valence-electron chi connectivity index (χ1n) is 6.53. The molecule has 0 spiro atoms. The van der Waals surface area contributed by atoms with Crippen LogP contribution in [0.4, 0.5) is 5.69 Å². The van der Waals surface area contributed by atoms with Crippen LogP contribution in [0.1, 0.15) is 5.56 Å². The number of hydrogen-bond acceptors (Lipinski definition) is 3. The third-order valence-electron chi connectivity index (χ3n) is 3.51. The summed E-state index contributed by atoms with van der Waals surface area (Å²) in [6.07, 6.45) is 3.64. The fourth-order valence-corrected chi connectivity index (χ4v) is 2.48. The normalized spacial score (nSPS) is 11.2. The van der Waals surface area contributed by atoms with Gasteiger partial charge in [0.1, 0.15) is 5.58 Å². The van der Waals surface area contributed by atoms with Gasteiger partial charge in [-0.25, -0.2) is 0 Å². The van der Waals surface area contributed by atoms with Crippen molar-refractivity contribution in [1.29, 1.82) is 0 Å². The van der Waals surface area contributed by atoms with E-state index in [0.29, 0.717) is 0 Å². The van der Waals surface area contributed by atoms with Gasteiger partial charge in [0.2, 0.25) is 0 Å². The van der Waals surface area contributed by atoms with E-state index >= 15 is 0 Å². The second-order valence-electron chi connectivity index (χ2n) is 4.75. The molecule has 98 valence electrons. The summed E-state index contributed by atoms with van der Waals surface area (Å²) in [4.78, 5) is 0. The molecular formula is C16H13N3O. The molecule has 2 N–H and O–H groups in total. The highest BCUT2D eigenvalue weighted by molar-refractivity contribution is 5.90. The van der Waals surface area contributed by atoms with Crippen molar-refractivity contribution < 1.29 is 4.42 Å². The Balaban J connectivity index is 1.66. The first-order chi connectivity index (χ1) is 9.92. The highest BCUT2D eigenvalue weighted by atomic mass is 16.3. The molecule has 0 aliphatic rings. The predicted molar refractivity (Wildman–Crippen MR) is 79.6 cm³/mol. The van der Waals surface area contributed by atoms with Gasteiger partial charge in [0, 0.05) is 22.9 Å². The smallest absolute Gasteiger partial charge is 0.134 e. The minimum absolute atomic E-state index is 0.717. The monoisotopic (exact) mass is 263 g/mol. The van der Waals surface area contributed by atoms with Gasteiger partial charge in [0.15, 0.2) is 0 Å². The fourth-order valence-electron chi connectivity index (χ4n) is 2.48. The van der Waals surface area contributed by atoms with Crippen LogP contribution in [-0.2, 0) is 6.54 Å². The Morgan fingerprint density at radius 3 is 3.05 bits per heavy atom. The molecule has 0 bridgehead atoms. The first-order valence-corrected chi connectivity index (χ1v) is 6.53. The molecule has 4 rings (SSSR count). The van der Waals surface area contributed by atoms with Crippen LogP contribution in [0.5, 0.6) is 0 Å². The van der Waals surface area contributed by atoms with Gasteiger partial charge in [-0.2, -0.15) is 5.10 Å². The summed E-state index contributed by atoms with van der Waals surface area (Å²) in [5, 5.41) is 12.8. The molecule has 0 saturated heterocycles. The van der Waals surface area contributed by atoms with Crippen LogP contribution in [-0.4, -0.2) is 10.2 Å². The summed E-state index contributed by atoms with van der Waals surface area (Å²) < 4.78 is 5.55. The molecule has 4 nitrogen and oxygen atoms in total. The zero-order valence-corrected chi connectivity index (χ0v) is 10.8. The van der Waals surface area contributed by atoms with Crippen LogP contribution in [0.2, 0.25) is 0 Å². The number of hydrogen-bond donors (Lipinski definition) is 2. The standard InChI is InChI=1S/C16H13N3O/c1-2-7-15-13(5-1)12(10-20-15)8-17-14-6-3-4-11-9-18-19-16(11)14/h1-7,9-10,17H,8H2,(H,18,19). The number of benzene rings is 2. The van der Waals surface area contributed by atoms with Gasteiger partial charge >= 0.3 is 0 Å². The summed E-state index contributed by atoms with van der Waals surface area (Å²) in [5.74, 6) is 0. The van der Waals surface area contributed by atoms with Crippen molar-refractivity contribution in [3.63, 3.8) is 0 Å². The zero-order valence-electron chi connectivity index (χ0n) is 10.8. The van der Waals surface area contributed by atoms with Crippen LogP contribution in [0, 0.1) is 0 Å². The van der Waals surface area contributed by atoms with Gasteiger partial charge in [-0.1, -0.05) is 30.3 Å². The molecular weight excluding hydrogens is 250 g/mol. The fraction of sp³-hybridized carbons (Fsp3) is 0.0625. The SMILES string of the molecule is c1cc(NCc2coc3ccccc23)c2[nH]ncc2c1. The van der Waals surface area contributed by atoms with Gasteiger partial charge in [-0.3, -0.25) is 5.10 Å². The lowest BCUT2D eigenvalue weighted by molar-refractivity contribution is 0.611. The van der Waals surface area contributed by atoms with E-state index < -0.39 is 0 Å². The van der Waals surface area contributed by atoms with Crippen molar-refractivity contribution in [2.75, 3.05) is 5.32 Å². The molecule has 0 atom stereocenters. The summed E-state index contributed by atoms with van der Waals surface area (Å²) >= 11 is 0. The molecule has 4 aromatic rings. The number of anilines is 1. The lowest BCUT2D eigenvalue weighted by Gasteiger charge is -2.06. The van der Waals surface area contributed by atoms with Gasteiger partial charge in [-0.15, -0.1) is 0 Å². The largest absolute Gasteiger partial charge is 0.464 e. The Labute approximate surface area is 115 Å². The third kappa shape index (κ3) is 1.73. The summed E-state index contributed by atoms with van der Waals surface area (Å²) in [6, 6.07) is 14.2. The van der Waals surface area contributed by atoms with Gasteiger partial charge in [-0.05, 0) is 12.1 Å². The average molecular weight is 263 g/mol. The molecule has 0 fully saturated rings. The molecule has 20 heavy (non-hydrogen) atoms. The molecule has 2 aromatic heterocycles. The van der Waals surface area contributed by atoms with Crippen molar-refractivity contribution >= 4 is 27.6 Å². The van der Waals surface area contributed by atoms with E-state index in [4.69, 9.17) is 4.42 Å². The van der Waals surface area contributed by atoms with Gasteiger partial charge in [0.25, 0.3) is 0 Å². The lowest BCUT2D eigenvalue weighted by Crippen LogP contribution is -1.99. The number of nitrogens with one attached hydrogen (secondary N) is 2. The number of furan rings is 1. The van der Waals surface area contributed by atoms with Crippen LogP contribution < -0.4 is 5.32 Å². The molecule has 2 heterocycles. The molecule has 0 aliphatic heterocycles. The van der Waals surface area contributed by atoms with Crippen LogP contribution >= 0.6 is 0 Å². The average Bonchev–Trinajstić information content (AvgIpc) is 3.12. The number of aromatic amines is 1. The Bertz CT molecular complexity index is 875. The Morgan fingerprint density at radius 1 is 1.10 bits per heavy atom. The predicted octanol–water partition coefficient (Wildman–Crippen LogP) is 3.92. The maximum atomic E-state index is 5.55. The Morgan fingerprint density at radius 2 is 2.05 bits per heavy atom. The lowest BCUT2D eigenvalue weighted by atomic mass is 10.1. The highest BCUT2D eigenvalue weighted by Gasteiger charge is 2.06. The molecule has 2 aromatic carbocycles. The maximum absolute atomic E-state index is 5.55. The van der Waals surface area contributed by atoms with E-state index in [1.165, 1.54) is 0 Å². The molecule has 0 saturated carbocycles. The number of rotatable bonds is 3. The molecule has 0 radical (unpaired) electrons. The van der Waals surface area contributed by atoms with Gasteiger partial charge in [0.05, 0.1) is 23.7 Å². The van der Waals surface area contributed by atoms with Crippen molar-refractivity contribution in [3.8, 4) is 0 Å². The summed E-state index contributed by atoms with van der Waals surface area (Å²) in [7, 11) is 0. The van der Waals surface area contributed by atoms with E-state index in [1.807, 2.05) is 48.9 Å². The number of fused-ring (bicyclic) bond motifs is 2. The van der Waals surface area contributed by atoms with Crippen molar-refractivity contribution in [1.82, 2.24) is 10.2 Å². The first kappa shape index (κ1) is 11.1. The Kier molecular flexibility index (Phi) is 2.45. The van der Waals surface area contributed by atoms with E-state index in [9.17, 15) is 0 Å². The number of aromatic nitrogens is 2. The number of nitrogens with zero attached hydrogens (tertiary/aromatic N) is 1. The molecule has 0 amide bonds. The van der Waals surface area contributed by atoms with Crippen molar-refractivity contribution in [3.05, 3.63) is 60.5 Å². The van der Waals surface area contributed by atoms with E-state index in [1.54, 1.807) is 0 Å². The maximum Gasteiger partial charge on any atom is 0.134 e. The van der Waals surface area contributed by atoms with E-state index in [0.717, 1.165) is 39.7 Å². The summed E-state index contributed by atoms with van der Waals surface area (Å²) in [5.41, 5.74) is 4.15. The van der Waals surface area contributed by atoms with Crippen molar-refractivity contribution in [2.24, 2.45) is 0 Å². The van der Waals surface area contributed by atoms with Gasteiger partial charge < -0.3 is 9.73 Å². The highest BCUT2D eigenvalue weighted by Crippen LogP contribution is 2.24. The quantitative estimate of drug-likeness (QED) is 0.589. The number of H-pyrrole nitrogens is 1. The van der Waals surface area contributed by atoms with E-state index in [-0.39, 0.29) is 0 Å². The molecule has 0 unspecified atom stereocenters. The minimum Gasteiger partial charge on any atom is -0.464 e. The number of para-hydroxylation sites is 2. The van der Waals surface area contributed by atoms with Crippen LogP contribution in [0.15, 0.2) is 59.3 Å². The molecule has 0 aliphatic carbocycles. The molecule has 4 heteroatoms. The minimum atomic E-state index is 0.717. The third-order valence-corrected chi connectivity index (χ3v) is 3.51. The summed E-state index contributed by atoms with van der Waals surface area (Å²) in [6.45, 7) is 0.717. The Hall–Kier alpha value is -2.75. The van der Waals surface area contributed by atoms with E-state index in [2.05, 4.69) is 21.6 Å². The van der Waals surface area contributed by atoms with Crippen LogP contribution in [0.3, 0.4) is 0 Å².